The average Bonchev–Trinajstić information content (AvgIpc) is 3.21. The van der Waals surface area contributed by atoms with Gasteiger partial charge in [0.2, 0.25) is 21.8 Å². The van der Waals surface area contributed by atoms with E-state index >= 15 is 0 Å². The van der Waals surface area contributed by atoms with Gasteiger partial charge < -0.3 is 4.42 Å². The molecule has 0 amide bonds. The second-order valence-corrected chi connectivity index (χ2v) is 10.0. The molecule has 150 valence electrons. The number of benzene rings is 2. The van der Waals surface area contributed by atoms with Crippen molar-refractivity contribution in [3.05, 3.63) is 72.1 Å². The highest BCUT2D eigenvalue weighted by molar-refractivity contribution is 7.88. The van der Waals surface area contributed by atoms with Gasteiger partial charge >= 0.3 is 0 Å². The van der Waals surface area contributed by atoms with E-state index in [4.69, 9.17) is 4.42 Å². The van der Waals surface area contributed by atoms with E-state index in [2.05, 4.69) is 10.2 Å². The largest absolute Gasteiger partial charge is 0.420 e. The lowest BCUT2D eigenvalue weighted by Gasteiger charge is -2.31. The Kier molecular flexibility index (Phi) is 4.52. The summed E-state index contributed by atoms with van der Waals surface area (Å²) in [5, 5.41) is 8.48. The van der Waals surface area contributed by atoms with Crippen molar-refractivity contribution in [2.24, 2.45) is 5.41 Å². The Labute approximate surface area is 170 Å². The zero-order valence-corrected chi connectivity index (χ0v) is 16.9. The Morgan fingerprint density at radius 2 is 1.62 bits per heavy atom. The van der Waals surface area contributed by atoms with Crippen molar-refractivity contribution >= 4 is 10.0 Å². The summed E-state index contributed by atoms with van der Waals surface area (Å²) in [6.07, 6.45) is 2.68. The summed E-state index contributed by atoms with van der Waals surface area (Å²) >= 11 is 0. The van der Waals surface area contributed by atoms with Gasteiger partial charge in [0.05, 0.1) is 5.75 Å². The molecule has 3 aromatic rings. The molecule has 29 heavy (non-hydrogen) atoms. The van der Waals surface area contributed by atoms with Gasteiger partial charge in [0, 0.05) is 24.6 Å². The van der Waals surface area contributed by atoms with Crippen LogP contribution in [0.3, 0.4) is 0 Å². The van der Waals surface area contributed by atoms with Crippen molar-refractivity contribution < 1.29 is 12.8 Å². The van der Waals surface area contributed by atoms with Gasteiger partial charge in [0.1, 0.15) is 0 Å². The van der Waals surface area contributed by atoms with Crippen molar-refractivity contribution in [1.29, 1.82) is 0 Å². The minimum absolute atomic E-state index is 0.0639. The Morgan fingerprint density at radius 1 is 0.966 bits per heavy atom. The molecule has 1 saturated carbocycles. The molecule has 2 fully saturated rings. The first-order chi connectivity index (χ1) is 14.1. The highest BCUT2D eigenvalue weighted by atomic mass is 32.2. The molecule has 5 rings (SSSR count). The molecule has 6 nitrogen and oxygen atoms in total. The third-order valence-electron chi connectivity index (χ3n) is 6.25. The van der Waals surface area contributed by atoms with Crippen LogP contribution < -0.4 is 0 Å². The summed E-state index contributed by atoms with van der Waals surface area (Å²) in [4.78, 5) is 0. The summed E-state index contributed by atoms with van der Waals surface area (Å²) in [6, 6.07) is 19.1. The maximum absolute atomic E-state index is 12.8. The van der Waals surface area contributed by atoms with Crippen LogP contribution in [0.2, 0.25) is 0 Å². The van der Waals surface area contributed by atoms with Crippen LogP contribution in [0, 0.1) is 5.41 Å². The Morgan fingerprint density at radius 3 is 2.31 bits per heavy atom. The van der Waals surface area contributed by atoms with Crippen molar-refractivity contribution in [2.45, 2.75) is 30.9 Å². The lowest BCUT2D eigenvalue weighted by atomic mass is 9.92. The van der Waals surface area contributed by atoms with E-state index in [0.717, 1.165) is 30.4 Å². The van der Waals surface area contributed by atoms with E-state index < -0.39 is 10.0 Å². The van der Waals surface area contributed by atoms with Crippen molar-refractivity contribution in [1.82, 2.24) is 14.5 Å². The topological polar surface area (TPSA) is 76.3 Å². The standard InChI is InChI=1S/C22H23N3O3S/c26-29(27,16-17-7-3-1-4-8-17)25-13-11-22(12-14-25)15-19(22)21-24-23-20(28-21)18-9-5-2-6-10-18/h1-10,19H,11-16H2. The molecular weight excluding hydrogens is 386 g/mol. The number of piperidine rings is 1. The summed E-state index contributed by atoms with van der Waals surface area (Å²) in [5.74, 6) is 1.54. The first kappa shape index (κ1) is 18.5. The molecule has 2 aromatic carbocycles. The van der Waals surface area contributed by atoms with Crippen LogP contribution in [-0.4, -0.2) is 36.0 Å². The maximum atomic E-state index is 12.8. The molecule has 1 unspecified atom stereocenters. The van der Waals surface area contributed by atoms with Gasteiger partial charge in [-0.05, 0) is 42.4 Å². The lowest BCUT2D eigenvalue weighted by molar-refractivity contribution is 0.246. The van der Waals surface area contributed by atoms with Crippen LogP contribution in [0.1, 0.15) is 36.6 Å². The molecule has 0 radical (unpaired) electrons. The fourth-order valence-electron chi connectivity index (χ4n) is 4.41. The van der Waals surface area contributed by atoms with Gasteiger partial charge in [-0.1, -0.05) is 48.5 Å². The second kappa shape index (κ2) is 7.07. The van der Waals surface area contributed by atoms with Gasteiger partial charge in [-0.3, -0.25) is 0 Å². The molecule has 1 spiro atoms. The van der Waals surface area contributed by atoms with Crippen molar-refractivity contribution in [2.75, 3.05) is 13.1 Å². The molecule has 1 aliphatic carbocycles. The third-order valence-corrected chi connectivity index (χ3v) is 8.10. The number of hydrogen-bond donors (Lipinski definition) is 0. The summed E-state index contributed by atoms with van der Waals surface area (Å²) in [5.41, 5.74) is 1.86. The van der Waals surface area contributed by atoms with Gasteiger partial charge in [0.25, 0.3) is 0 Å². The highest BCUT2D eigenvalue weighted by Crippen LogP contribution is 2.64. The average molecular weight is 410 g/mol. The van der Waals surface area contributed by atoms with Gasteiger partial charge in [-0.2, -0.15) is 0 Å². The quantitative estimate of drug-likeness (QED) is 0.640. The van der Waals surface area contributed by atoms with Gasteiger partial charge in [-0.25, -0.2) is 12.7 Å². The van der Waals surface area contributed by atoms with Crippen molar-refractivity contribution in [3.8, 4) is 11.5 Å². The van der Waals surface area contributed by atoms with E-state index in [1.165, 1.54) is 0 Å². The monoisotopic (exact) mass is 409 g/mol. The zero-order chi connectivity index (χ0) is 19.9. The van der Waals surface area contributed by atoms with Crippen molar-refractivity contribution in [3.63, 3.8) is 0 Å². The minimum atomic E-state index is -3.29. The van der Waals surface area contributed by atoms with Gasteiger partial charge in [-0.15, -0.1) is 10.2 Å². The highest BCUT2D eigenvalue weighted by Gasteiger charge is 2.58. The number of rotatable bonds is 5. The fraction of sp³-hybridized carbons (Fsp3) is 0.364. The Balaban J connectivity index is 1.23. The predicted octanol–water partition coefficient (Wildman–Crippen LogP) is 3.84. The van der Waals surface area contributed by atoms with Crippen LogP contribution >= 0.6 is 0 Å². The Hall–Kier alpha value is -2.51. The molecule has 1 atom stereocenters. The van der Waals surface area contributed by atoms with Crippen LogP contribution in [0.5, 0.6) is 0 Å². The normalized spacial score (nSPS) is 21.3. The van der Waals surface area contributed by atoms with E-state index in [0.29, 0.717) is 24.9 Å². The maximum Gasteiger partial charge on any atom is 0.247 e. The molecule has 0 N–H and O–H groups in total. The molecule has 1 saturated heterocycles. The van der Waals surface area contributed by atoms with E-state index in [1.54, 1.807) is 4.31 Å². The van der Waals surface area contributed by atoms with Crippen LogP contribution in [0.4, 0.5) is 0 Å². The number of sulfonamides is 1. The predicted molar refractivity (Wildman–Crippen MR) is 109 cm³/mol. The van der Waals surface area contributed by atoms with E-state index in [9.17, 15) is 8.42 Å². The van der Waals surface area contributed by atoms with Gasteiger partial charge in [0.15, 0.2) is 0 Å². The molecular formula is C22H23N3O3S. The fourth-order valence-corrected chi connectivity index (χ4v) is 5.94. The summed E-state index contributed by atoms with van der Waals surface area (Å²) in [6.45, 7) is 1.12. The molecule has 1 aromatic heterocycles. The Bertz CT molecular complexity index is 1090. The third kappa shape index (κ3) is 3.60. The smallest absolute Gasteiger partial charge is 0.247 e. The van der Waals surface area contributed by atoms with Crippen LogP contribution in [0.15, 0.2) is 65.1 Å². The lowest BCUT2D eigenvalue weighted by Crippen LogP contribution is -2.40. The first-order valence-corrected chi connectivity index (χ1v) is 11.6. The van der Waals surface area contributed by atoms with E-state index in [-0.39, 0.29) is 17.1 Å². The summed E-state index contributed by atoms with van der Waals surface area (Å²) in [7, 11) is -3.29. The second-order valence-electron chi connectivity index (χ2n) is 8.07. The zero-order valence-electron chi connectivity index (χ0n) is 16.1. The molecule has 2 heterocycles. The number of nitrogens with zero attached hydrogens (tertiary/aromatic N) is 3. The minimum Gasteiger partial charge on any atom is -0.420 e. The first-order valence-electron chi connectivity index (χ1n) is 9.96. The SMILES string of the molecule is O=S(=O)(Cc1ccccc1)N1CCC2(CC1)CC2c1nnc(-c2ccccc2)o1. The molecule has 1 aliphatic heterocycles. The molecule has 2 aliphatic rings. The molecule has 0 bridgehead atoms. The van der Waals surface area contributed by atoms with Crippen LogP contribution in [-0.2, 0) is 15.8 Å². The summed E-state index contributed by atoms with van der Waals surface area (Å²) < 4.78 is 33.1. The van der Waals surface area contributed by atoms with E-state index in [1.807, 2.05) is 60.7 Å². The number of hydrogen-bond acceptors (Lipinski definition) is 5. The van der Waals surface area contributed by atoms with Crippen LogP contribution in [0.25, 0.3) is 11.5 Å². The number of aromatic nitrogens is 2. The molecule has 7 heteroatoms.